The zero-order valence-electron chi connectivity index (χ0n) is 19.9. The summed E-state index contributed by atoms with van der Waals surface area (Å²) >= 11 is 0. The van der Waals surface area contributed by atoms with E-state index in [0.29, 0.717) is 17.1 Å². The highest BCUT2D eigenvalue weighted by Crippen LogP contribution is 2.41. The lowest BCUT2D eigenvalue weighted by atomic mass is 10.0. The van der Waals surface area contributed by atoms with Gasteiger partial charge in [-0.25, -0.2) is 22.4 Å². The summed E-state index contributed by atoms with van der Waals surface area (Å²) in [6.07, 6.45) is -0.288. The summed E-state index contributed by atoms with van der Waals surface area (Å²) in [6.45, 7) is 0. The molecule has 12 heteroatoms. The van der Waals surface area contributed by atoms with Gasteiger partial charge in [0.15, 0.2) is 0 Å². The first kappa shape index (κ1) is 25.5. The fourth-order valence-corrected chi connectivity index (χ4v) is 4.06. The largest absolute Gasteiger partial charge is 0.495 e. The van der Waals surface area contributed by atoms with Crippen molar-refractivity contribution in [3.05, 3.63) is 72.0 Å². The average Bonchev–Trinajstić information content (AvgIpc) is 3.22. The van der Waals surface area contributed by atoms with Crippen molar-refractivity contribution in [2.75, 3.05) is 24.7 Å². The second kappa shape index (κ2) is 9.82. The van der Waals surface area contributed by atoms with Gasteiger partial charge in [0.1, 0.15) is 40.0 Å². The van der Waals surface area contributed by atoms with E-state index >= 15 is 0 Å². The summed E-state index contributed by atoms with van der Waals surface area (Å²) in [6, 6.07) is 14.7. The normalized spacial score (nSPS) is 11.2. The van der Waals surface area contributed by atoms with Crippen LogP contribution >= 0.6 is 0 Å². The molecule has 10 nitrogen and oxygen atoms in total. The van der Waals surface area contributed by atoms with E-state index in [9.17, 15) is 22.4 Å². The number of hydrogen-bond acceptors (Lipinski definition) is 8. The second-order valence-corrected chi connectivity index (χ2v) is 9.86. The van der Waals surface area contributed by atoms with Crippen LogP contribution in [0.1, 0.15) is 10.4 Å². The van der Waals surface area contributed by atoms with E-state index in [1.165, 1.54) is 50.6 Å². The standard InChI is InChI=1S/C25H21FN2O8S/c1-28(37(3,31)32)19-13-20-18(12-21(19)33-2)22(24(29)36-25(27)30)23(35-20)14-4-8-16(9-5-14)34-17-10-6-15(26)7-11-17/h4-13H,1-3H3,(H2,27,30). The topological polar surface area (TPSA) is 138 Å². The van der Waals surface area contributed by atoms with Crippen molar-refractivity contribution in [3.8, 4) is 28.6 Å². The zero-order valence-corrected chi connectivity index (χ0v) is 20.7. The third-order valence-electron chi connectivity index (χ3n) is 5.39. The lowest BCUT2D eigenvalue weighted by molar-refractivity contribution is 0.0640. The van der Waals surface area contributed by atoms with Crippen LogP contribution in [0.2, 0.25) is 0 Å². The molecule has 0 radical (unpaired) electrons. The number of benzene rings is 3. The van der Waals surface area contributed by atoms with Crippen LogP contribution < -0.4 is 19.5 Å². The van der Waals surface area contributed by atoms with Gasteiger partial charge in [0.2, 0.25) is 10.0 Å². The summed E-state index contributed by atoms with van der Waals surface area (Å²) in [7, 11) is -0.979. The molecule has 0 aliphatic heterocycles. The molecular weight excluding hydrogens is 507 g/mol. The Hall–Kier alpha value is -4.58. The number of nitrogens with zero attached hydrogens (tertiary/aromatic N) is 1. The molecule has 4 rings (SSSR count). The Balaban J connectivity index is 1.83. The molecule has 0 saturated carbocycles. The highest BCUT2D eigenvalue weighted by Gasteiger charge is 2.28. The number of carbonyl (C=O) groups excluding carboxylic acids is 2. The van der Waals surface area contributed by atoms with E-state index in [0.717, 1.165) is 10.6 Å². The van der Waals surface area contributed by atoms with Gasteiger partial charge in [0.25, 0.3) is 0 Å². The van der Waals surface area contributed by atoms with Gasteiger partial charge in [0.05, 0.1) is 19.1 Å². The number of carbonyl (C=O) groups is 2. The predicted octanol–water partition coefficient (Wildman–Crippen LogP) is 4.67. The van der Waals surface area contributed by atoms with Crippen LogP contribution in [-0.2, 0) is 14.8 Å². The number of amides is 1. The van der Waals surface area contributed by atoms with Crippen molar-refractivity contribution in [2.45, 2.75) is 0 Å². The predicted molar refractivity (Wildman–Crippen MR) is 133 cm³/mol. The lowest BCUT2D eigenvalue weighted by Gasteiger charge is -2.19. The fourth-order valence-electron chi connectivity index (χ4n) is 3.56. The molecule has 0 atom stereocenters. The number of anilines is 1. The molecule has 1 heterocycles. The van der Waals surface area contributed by atoms with Crippen molar-refractivity contribution >= 4 is 38.7 Å². The number of sulfonamides is 1. The Kier molecular flexibility index (Phi) is 6.77. The molecule has 2 N–H and O–H groups in total. The first-order valence-electron chi connectivity index (χ1n) is 10.6. The van der Waals surface area contributed by atoms with Crippen molar-refractivity contribution in [1.29, 1.82) is 0 Å². The number of nitrogens with two attached hydrogens (primary N) is 1. The van der Waals surface area contributed by atoms with Crippen molar-refractivity contribution in [3.63, 3.8) is 0 Å². The summed E-state index contributed by atoms with van der Waals surface area (Å²) in [5.41, 5.74) is 5.64. The summed E-state index contributed by atoms with van der Waals surface area (Å²) in [4.78, 5) is 24.2. The molecular formula is C25H21FN2O8S. The maximum atomic E-state index is 13.1. The van der Waals surface area contributed by atoms with Gasteiger partial charge in [0, 0.05) is 24.1 Å². The number of halogens is 1. The van der Waals surface area contributed by atoms with E-state index in [1.54, 1.807) is 24.3 Å². The number of methoxy groups -OCH3 is 1. The highest BCUT2D eigenvalue weighted by molar-refractivity contribution is 7.92. The molecule has 0 unspecified atom stereocenters. The minimum atomic E-state index is -3.65. The van der Waals surface area contributed by atoms with E-state index in [4.69, 9.17) is 19.6 Å². The van der Waals surface area contributed by atoms with Crippen molar-refractivity contribution in [2.24, 2.45) is 5.73 Å². The molecule has 0 bridgehead atoms. The molecule has 192 valence electrons. The van der Waals surface area contributed by atoms with Gasteiger partial charge in [-0.3, -0.25) is 4.31 Å². The first-order chi connectivity index (χ1) is 17.5. The van der Waals surface area contributed by atoms with Crippen molar-refractivity contribution < 1.29 is 41.0 Å². The Morgan fingerprint density at radius 1 is 1.00 bits per heavy atom. The number of furan rings is 1. The number of esters is 1. The molecule has 0 aliphatic rings. The Morgan fingerprint density at radius 2 is 1.59 bits per heavy atom. The number of rotatable bonds is 7. The first-order valence-corrected chi connectivity index (χ1v) is 12.5. The second-order valence-electron chi connectivity index (χ2n) is 7.85. The van der Waals surface area contributed by atoms with Crippen LogP contribution in [0.5, 0.6) is 17.2 Å². The van der Waals surface area contributed by atoms with E-state index in [2.05, 4.69) is 4.74 Å². The lowest BCUT2D eigenvalue weighted by Crippen LogP contribution is -2.25. The van der Waals surface area contributed by atoms with Crippen LogP contribution in [0.15, 0.2) is 65.1 Å². The van der Waals surface area contributed by atoms with Gasteiger partial charge in [-0.1, -0.05) is 0 Å². The third-order valence-corrected chi connectivity index (χ3v) is 6.58. The monoisotopic (exact) mass is 528 g/mol. The van der Waals surface area contributed by atoms with Gasteiger partial charge in [-0.2, -0.15) is 0 Å². The zero-order chi connectivity index (χ0) is 26.9. The molecule has 0 saturated heterocycles. The molecule has 4 aromatic rings. The van der Waals surface area contributed by atoms with Gasteiger partial charge in [-0.05, 0) is 54.6 Å². The number of hydrogen-bond donors (Lipinski definition) is 1. The Morgan fingerprint density at radius 3 is 2.14 bits per heavy atom. The minimum absolute atomic E-state index is 0.0378. The van der Waals surface area contributed by atoms with Crippen LogP contribution in [0.4, 0.5) is 14.9 Å². The highest BCUT2D eigenvalue weighted by atomic mass is 32.2. The van der Waals surface area contributed by atoms with Crippen LogP contribution in [0, 0.1) is 5.82 Å². The molecule has 37 heavy (non-hydrogen) atoms. The SMILES string of the molecule is COc1cc2c(C(=O)OC(N)=O)c(-c3ccc(Oc4ccc(F)cc4)cc3)oc2cc1N(C)S(C)(=O)=O. The smallest absolute Gasteiger partial charge is 0.412 e. The van der Waals surface area contributed by atoms with Gasteiger partial charge in [-0.15, -0.1) is 0 Å². The third kappa shape index (κ3) is 5.33. The van der Waals surface area contributed by atoms with Crippen LogP contribution in [0.25, 0.3) is 22.3 Å². The number of primary amides is 1. The molecule has 0 spiro atoms. The fraction of sp³-hybridized carbons (Fsp3) is 0.120. The molecule has 1 amide bonds. The molecule has 0 fully saturated rings. The Labute approximate surface area is 211 Å². The number of fused-ring (bicyclic) bond motifs is 1. The summed E-state index contributed by atoms with van der Waals surface area (Å²) in [5.74, 6) is -0.464. The van der Waals surface area contributed by atoms with E-state index in [1.807, 2.05) is 0 Å². The van der Waals surface area contributed by atoms with Gasteiger partial charge < -0.3 is 24.4 Å². The molecule has 1 aromatic heterocycles. The minimum Gasteiger partial charge on any atom is -0.495 e. The van der Waals surface area contributed by atoms with Crippen LogP contribution in [0.3, 0.4) is 0 Å². The summed E-state index contributed by atoms with van der Waals surface area (Å²) in [5, 5.41) is 0.204. The number of ether oxygens (including phenoxy) is 3. The molecule has 0 aliphatic carbocycles. The maximum absolute atomic E-state index is 13.1. The maximum Gasteiger partial charge on any atom is 0.412 e. The van der Waals surface area contributed by atoms with E-state index in [-0.39, 0.29) is 33.7 Å². The summed E-state index contributed by atoms with van der Waals surface area (Å²) < 4.78 is 60.0. The van der Waals surface area contributed by atoms with Crippen molar-refractivity contribution in [1.82, 2.24) is 0 Å². The van der Waals surface area contributed by atoms with E-state index < -0.39 is 27.9 Å². The molecule has 3 aromatic carbocycles. The van der Waals surface area contributed by atoms with Gasteiger partial charge >= 0.3 is 12.1 Å². The quantitative estimate of drug-likeness (QED) is 0.270. The van der Waals surface area contributed by atoms with Crippen LogP contribution in [-0.4, -0.2) is 40.9 Å². The average molecular weight is 529 g/mol. The Bertz CT molecular complexity index is 1600.